The van der Waals surface area contributed by atoms with E-state index in [1.165, 1.54) is 6.92 Å². The van der Waals surface area contributed by atoms with Crippen LogP contribution >= 0.6 is 0 Å². The van der Waals surface area contributed by atoms with Gasteiger partial charge in [0.05, 0.1) is 0 Å². The van der Waals surface area contributed by atoms with E-state index in [-0.39, 0.29) is 11.8 Å². The molecule has 2 amide bonds. The number of aliphatic carboxylic acids is 1. The summed E-state index contributed by atoms with van der Waals surface area (Å²) in [7, 11) is 0. The Bertz CT molecular complexity index is 677. The second-order valence-corrected chi connectivity index (χ2v) is 6.87. The number of carbonyl (C=O) groups excluding carboxylic acids is 2. The zero-order valence-corrected chi connectivity index (χ0v) is 16.1. The molecule has 1 atom stereocenters. The van der Waals surface area contributed by atoms with Crippen LogP contribution in [0.4, 0.5) is 0 Å². The number of nitrogens with one attached hydrogen (secondary N) is 1. The predicted molar refractivity (Wildman–Crippen MR) is 103 cm³/mol. The van der Waals surface area contributed by atoms with Crippen molar-refractivity contribution in [1.82, 2.24) is 15.1 Å². The standard InChI is InChI=1S/C20H29N3O4/c1-3-4-9-21-19(25)17-8-5-7-16(14-17)18(20(26)27)23-11-6-10-22(12-13-23)15(2)24/h5,7-8,14,18H,3-4,6,9-13H2,1-2H3,(H,21,25)(H,26,27). The minimum absolute atomic E-state index is 0.00877. The molecule has 1 aliphatic heterocycles. The number of hydrogen-bond acceptors (Lipinski definition) is 4. The number of rotatable bonds is 7. The lowest BCUT2D eigenvalue weighted by molar-refractivity contribution is -0.143. The molecule has 0 spiro atoms. The molecule has 148 valence electrons. The quantitative estimate of drug-likeness (QED) is 0.711. The van der Waals surface area contributed by atoms with Gasteiger partial charge in [0.25, 0.3) is 5.91 Å². The normalized spacial score (nSPS) is 16.4. The lowest BCUT2D eigenvalue weighted by Crippen LogP contribution is -2.38. The van der Waals surface area contributed by atoms with E-state index in [4.69, 9.17) is 0 Å². The van der Waals surface area contributed by atoms with Crippen molar-refractivity contribution >= 4 is 17.8 Å². The highest BCUT2D eigenvalue weighted by Crippen LogP contribution is 2.24. The molecule has 7 heteroatoms. The van der Waals surface area contributed by atoms with Gasteiger partial charge in [-0.15, -0.1) is 0 Å². The van der Waals surface area contributed by atoms with E-state index in [1.54, 1.807) is 29.2 Å². The van der Waals surface area contributed by atoms with E-state index >= 15 is 0 Å². The van der Waals surface area contributed by atoms with Gasteiger partial charge in [0.1, 0.15) is 6.04 Å². The minimum Gasteiger partial charge on any atom is -0.480 e. The Morgan fingerprint density at radius 2 is 1.96 bits per heavy atom. The summed E-state index contributed by atoms with van der Waals surface area (Å²) in [6.45, 7) is 6.42. The van der Waals surface area contributed by atoms with Gasteiger partial charge < -0.3 is 15.3 Å². The molecular formula is C20H29N3O4. The number of carboxylic acid groups (broad SMARTS) is 1. The number of unbranched alkanes of at least 4 members (excludes halogenated alkanes) is 1. The van der Waals surface area contributed by atoms with Gasteiger partial charge in [0, 0.05) is 45.2 Å². The van der Waals surface area contributed by atoms with E-state index < -0.39 is 12.0 Å². The molecule has 7 nitrogen and oxygen atoms in total. The average molecular weight is 375 g/mol. The number of benzene rings is 1. The minimum atomic E-state index is -0.949. The Kier molecular flexibility index (Phi) is 7.79. The van der Waals surface area contributed by atoms with E-state index in [0.29, 0.717) is 43.9 Å². The van der Waals surface area contributed by atoms with Crippen LogP contribution in [0.1, 0.15) is 55.1 Å². The number of hydrogen-bond donors (Lipinski definition) is 2. The first-order chi connectivity index (χ1) is 12.9. The third kappa shape index (κ3) is 5.79. The Morgan fingerprint density at radius 1 is 1.19 bits per heavy atom. The van der Waals surface area contributed by atoms with Gasteiger partial charge in [-0.1, -0.05) is 25.5 Å². The third-order valence-corrected chi connectivity index (χ3v) is 4.86. The van der Waals surface area contributed by atoms with Crippen molar-refractivity contribution in [2.45, 2.75) is 39.2 Å². The molecule has 0 radical (unpaired) electrons. The fourth-order valence-electron chi connectivity index (χ4n) is 3.35. The Balaban J connectivity index is 2.16. The molecule has 1 aliphatic rings. The van der Waals surface area contributed by atoms with Crippen LogP contribution in [0.5, 0.6) is 0 Å². The second kappa shape index (κ2) is 10.1. The van der Waals surface area contributed by atoms with Crippen LogP contribution in [0, 0.1) is 0 Å². The zero-order valence-electron chi connectivity index (χ0n) is 16.1. The fourth-order valence-corrected chi connectivity index (χ4v) is 3.35. The van der Waals surface area contributed by atoms with Crippen molar-refractivity contribution in [3.05, 3.63) is 35.4 Å². The van der Waals surface area contributed by atoms with Crippen molar-refractivity contribution in [1.29, 1.82) is 0 Å². The molecule has 0 aromatic heterocycles. The maximum Gasteiger partial charge on any atom is 0.325 e. The summed E-state index contributed by atoms with van der Waals surface area (Å²) in [6.07, 6.45) is 2.62. The SMILES string of the molecule is CCCCNC(=O)c1cccc(C(C(=O)O)N2CCCN(C(C)=O)CC2)c1. The Labute approximate surface area is 160 Å². The molecule has 2 N–H and O–H groups in total. The first-order valence-corrected chi connectivity index (χ1v) is 9.54. The first kappa shape index (κ1) is 20.9. The molecule has 0 aliphatic carbocycles. The van der Waals surface area contributed by atoms with Gasteiger partial charge >= 0.3 is 5.97 Å². The molecule has 1 aromatic rings. The third-order valence-electron chi connectivity index (χ3n) is 4.86. The lowest BCUT2D eigenvalue weighted by Gasteiger charge is -2.28. The van der Waals surface area contributed by atoms with Gasteiger partial charge in [0.15, 0.2) is 0 Å². The smallest absolute Gasteiger partial charge is 0.325 e. The average Bonchev–Trinajstić information content (AvgIpc) is 2.88. The maximum atomic E-state index is 12.3. The first-order valence-electron chi connectivity index (χ1n) is 9.54. The van der Waals surface area contributed by atoms with Crippen LogP contribution in [0.25, 0.3) is 0 Å². The van der Waals surface area contributed by atoms with Crippen molar-refractivity contribution in [3.63, 3.8) is 0 Å². The molecule has 1 unspecified atom stereocenters. The topological polar surface area (TPSA) is 89.9 Å². The summed E-state index contributed by atoms with van der Waals surface area (Å²) in [4.78, 5) is 39.5. The van der Waals surface area contributed by atoms with Crippen molar-refractivity contribution in [3.8, 4) is 0 Å². The molecular weight excluding hydrogens is 346 g/mol. The van der Waals surface area contributed by atoms with Gasteiger partial charge in [-0.2, -0.15) is 0 Å². The number of amides is 2. The van der Waals surface area contributed by atoms with E-state index in [0.717, 1.165) is 19.3 Å². The van der Waals surface area contributed by atoms with E-state index in [9.17, 15) is 19.5 Å². The zero-order chi connectivity index (χ0) is 19.8. The largest absolute Gasteiger partial charge is 0.480 e. The van der Waals surface area contributed by atoms with Crippen LogP contribution in [-0.4, -0.2) is 65.4 Å². The van der Waals surface area contributed by atoms with Gasteiger partial charge in [-0.25, -0.2) is 0 Å². The highest BCUT2D eigenvalue weighted by atomic mass is 16.4. The molecule has 1 fully saturated rings. The number of nitrogens with zero attached hydrogens (tertiary/aromatic N) is 2. The van der Waals surface area contributed by atoms with Gasteiger partial charge in [0.2, 0.25) is 5.91 Å². The highest BCUT2D eigenvalue weighted by molar-refractivity contribution is 5.94. The molecule has 1 aromatic carbocycles. The van der Waals surface area contributed by atoms with E-state index in [1.807, 2.05) is 4.90 Å². The van der Waals surface area contributed by atoms with Crippen molar-refractivity contribution in [2.75, 3.05) is 32.7 Å². The molecule has 1 saturated heterocycles. The van der Waals surface area contributed by atoms with Gasteiger partial charge in [-0.3, -0.25) is 19.3 Å². The van der Waals surface area contributed by atoms with Crippen LogP contribution in [0.3, 0.4) is 0 Å². The predicted octanol–water partition coefficient (Wildman–Crippen LogP) is 1.90. The molecule has 1 heterocycles. The van der Waals surface area contributed by atoms with Crippen molar-refractivity contribution < 1.29 is 19.5 Å². The molecule has 0 bridgehead atoms. The summed E-state index contributed by atoms with van der Waals surface area (Å²) < 4.78 is 0. The monoisotopic (exact) mass is 375 g/mol. The van der Waals surface area contributed by atoms with Crippen LogP contribution in [0.15, 0.2) is 24.3 Å². The number of carbonyl (C=O) groups is 3. The molecule has 2 rings (SSSR count). The number of carboxylic acids is 1. The maximum absolute atomic E-state index is 12.3. The Morgan fingerprint density at radius 3 is 2.63 bits per heavy atom. The molecule has 0 saturated carbocycles. The highest BCUT2D eigenvalue weighted by Gasteiger charge is 2.30. The lowest BCUT2D eigenvalue weighted by atomic mass is 10.0. The van der Waals surface area contributed by atoms with Crippen LogP contribution < -0.4 is 5.32 Å². The fraction of sp³-hybridized carbons (Fsp3) is 0.550. The Hall–Kier alpha value is -2.41. The summed E-state index contributed by atoms with van der Waals surface area (Å²) >= 11 is 0. The van der Waals surface area contributed by atoms with Gasteiger partial charge in [-0.05, 0) is 30.5 Å². The second-order valence-electron chi connectivity index (χ2n) is 6.87. The van der Waals surface area contributed by atoms with Crippen molar-refractivity contribution in [2.24, 2.45) is 0 Å². The van der Waals surface area contributed by atoms with Crippen LogP contribution in [-0.2, 0) is 9.59 Å². The summed E-state index contributed by atoms with van der Waals surface area (Å²) in [5, 5.41) is 12.7. The molecule has 27 heavy (non-hydrogen) atoms. The summed E-state index contributed by atoms with van der Waals surface area (Å²) in [5.41, 5.74) is 1.05. The summed E-state index contributed by atoms with van der Waals surface area (Å²) in [6, 6.07) is 5.99. The van der Waals surface area contributed by atoms with E-state index in [2.05, 4.69) is 12.2 Å². The summed E-state index contributed by atoms with van der Waals surface area (Å²) in [5.74, 6) is -1.13. The van der Waals surface area contributed by atoms with Crippen LogP contribution in [0.2, 0.25) is 0 Å².